The molecule has 0 aromatic carbocycles. The van der Waals surface area contributed by atoms with Crippen molar-refractivity contribution < 1.29 is 9.32 Å². The average molecular weight is 472 g/mol. The van der Waals surface area contributed by atoms with Crippen molar-refractivity contribution in [1.29, 1.82) is 0 Å². The first-order valence-electron chi connectivity index (χ1n) is 8.46. The number of thiophene rings is 2. The van der Waals surface area contributed by atoms with E-state index in [-0.39, 0.29) is 9.96 Å². The van der Waals surface area contributed by atoms with E-state index in [0.29, 0.717) is 23.9 Å². The minimum absolute atomic E-state index is 0.122. The van der Waals surface area contributed by atoms with E-state index in [1.54, 1.807) is 16.7 Å². The molecule has 0 aliphatic rings. The number of nitrogens with one attached hydrogen (secondary N) is 2. The molecule has 0 amide bonds. The molecule has 158 valence electrons. The number of rotatable bonds is 6. The second kappa shape index (κ2) is 12.6. The van der Waals surface area contributed by atoms with E-state index < -0.39 is 11.0 Å². The third kappa shape index (κ3) is 8.12. The first-order valence-corrected chi connectivity index (χ1v) is 12.1. The lowest BCUT2D eigenvalue weighted by molar-refractivity contribution is 0.468. The lowest BCUT2D eigenvalue weighted by Crippen LogP contribution is -2.02. The Hall–Kier alpha value is -1.97. The molecular formula is C18H25N5O2S4. The summed E-state index contributed by atoms with van der Waals surface area (Å²) in [6.07, 6.45) is 8.00. The Bertz CT molecular complexity index is 927. The third-order valence-electron chi connectivity index (χ3n) is 2.88. The van der Waals surface area contributed by atoms with Crippen LogP contribution in [-0.2, 0) is 17.5 Å². The zero-order chi connectivity index (χ0) is 22.0. The van der Waals surface area contributed by atoms with E-state index in [1.165, 1.54) is 9.75 Å². The predicted octanol–water partition coefficient (Wildman–Crippen LogP) is 4.92. The second-order valence-electron chi connectivity index (χ2n) is 6.27. The highest BCUT2D eigenvalue weighted by Crippen LogP contribution is 2.38. The van der Waals surface area contributed by atoms with Crippen LogP contribution in [0.4, 0.5) is 17.3 Å². The molecule has 3 aromatic rings. The summed E-state index contributed by atoms with van der Waals surface area (Å²) in [6, 6.07) is 4.13. The Labute approximate surface area is 186 Å². The number of aryl methyl sites for hydroxylation is 1. The Morgan fingerprint density at radius 3 is 2.38 bits per heavy atom. The van der Waals surface area contributed by atoms with Gasteiger partial charge in [0.25, 0.3) is 0 Å². The first-order chi connectivity index (χ1) is 13.8. The molecule has 5 N–H and O–H groups in total. The van der Waals surface area contributed by atoms with Gasteiger partial charge in [-0.25, -0.2) is 9.35 Å². The van der Waals surface area contributed by atoms with Gasteiger partial charge in [0, 0.05) is 15.1 Å². The fourth-order valence-corrected chi connectivity index (χ4v) is 4.59. The van der Waals surface area contributed by atoms with Crippen LogP contribution in [0.5, 0.6) is 5.75 Å². The summed E-state index contributed by atoms with van der Waals surface area (Å²) in [5.74, 6) is 1.82. The van der Waals surface area contributed by atoms with Crippen LogP contribution in [0.2, 0.25) is 0 Å². The van der Waals surface area contributed by atoms with Crippen LogP contribution in [-0.4, -0.2) is 18.1 Å². The molecule has 0 bridgehead atoms. The minimum atomic E-state index is -1.72. The molecule has 0 aliphatic heterocycles. The zero-order valence-electron chi connectivity index (χ0n) is 16.6. The van der Waals surface area contributed by atoms with Crippen LogP contribution in [0.25, 0.3) is 0 Å². The lowest BCUT2D eigenvalue weighted by Gasteiger charge is -2.05. The maximum Gasteiger partial charge on any atom is 0.188 e. The molecule has 0 saturated heterocycles. The first kappa shape index (κ1) is 25.1. The average Bonchev–Trinajstić information content (AvgIpc) is 3.36. The quantitative estimate of drug-likeness (QED) is 0.379. The van der Waals surface area contributed by atoms with Gasteiger partial charge >= 0.3 is 0 Å². The fraction of sp³-hybridized carbons (Fsp3) is 0.333. The van der Waals surface area contributed by atoms with Crippen LogP contribution in [0, 0.1) is 25.7 Å². The molecule has 0 aliphatic carbocycles. The van der Waals surface area contributed by atoms with Gasteiger partial charge in [-0.1, -0.05) is 20.8 Å². The normalized spacial score (nSPS) is 11.0. The summed E-state index contributed by atoms with van der Waals surface area (Å²) >= 11 is 3.90. The Kier molecular flexibility index (Phi) is 10.9. The SMILES string of the molecule is C#C.CC(C)C.Cc1ccc(CNc2nsnc2Nc2csc(S(N)=O)c2O)s1. The molecule has 0 fully saturated rings. The van der Waals surface area contributed by atoms with Crippen molar-refractivity contribution in [3.63, 3.8) is 0 Å². The minimum Gasteiger partial charge on any atom is -0.504 e. The van der Waals surface area contributed by atoms with E-state index in [1.807, 2.05) is 0 Å². The molecule has 1 atom stereocenters. The van der Waals surface area contributed by atoms with Gasteiger partial charge < -0.3 is 15.7 Å². The molecule has 3 rings (SSSR count). The van der Waals surface area contributed by atoms with E-state index in [4.69, 9.17) is 5.14 Å². The number of hydrogen-bond acceptors (Lipinski definition) is 9. The number of nitrogens with two attached hydrogens (primary N) is 1. The van der Waals surface area contributed by atoms with Crippen molar-refractivity contribution in [2.45, 2.75) is 38.4 Å². The molecule has 3 heterocycles. The highest BCUT2D eigenvalue weighted by molar-refractivity contribution is 7.85. The molecule has 7 nitrogen and oxygen atoms in total. The molecule has 11 heteroatoms. The second-order valence-corrected chi connectivity index (χ2v) is 10.3. The highest BCUT2D eigenvalue weighted by atomic mass is 32.2. The summed E-state index contributed by atoms with van der Waals surface area (Å²) < 4.78 is 19.9. The van der Waals surface area contributed by atoms with Crippen LogP contribution in [0.15, 0.2) is 21.7 Å². The van der Waals surface area contributed by atoms with Crippen molar-refractivity contribution in [1.82, 2.24) is 8.75 Å². The van der Waals surface area contributed by atoms with Gasteiger partial charge in [-0.05, 0) is 25.0 Å². The Morgan fingerprint density at radius 1 is 1.24 bits per heavy atom. The molecule has 3 aromatic heterocycles. The van der Waals surface area contributed by atoms with Gasteiger partial charge in [0.2, 0.25) is 0 Å². The number of aromatic hydroxyl groups is 1. The monoisotopic (exact) mass is 471 g/mol. The van der Waals surface area contributed by atoms with Crippen molar-refractivity contribution >= 4 is 62.7 Å². The van der Waals surface area contributed by atoms with Crippen molar-refractivity contribution in [2.75, 3.05) is 10.6 Å². The molecular weight excluding hydrogens is 446 g/mol. The van der Waals surface area contributed by atoms with Crippen molar-refractivity contribution in [3.05, 3.63) is 27.3 Å². The fourth-order valence-electron chi connectivity index (χ4n) is 1.83. The number of terminal acetylenes is 1. The van der Waals surface area contributed by atoms with E-state index in [9.17, 15) is 9.32 Å². The van der Waals surface area contributed by atoms with Gasteiger partial charge in [-0.2, -0.15) is 8.75 Å². The van der Waals surface area contributed by atoms with Crippen LogP contribution < -0.4 is 15.8 Å². The largest absolute Gasteiger partial charge is 0.504 e. The maximum atomic E-state index is 11.3. The Morgan fingerprint density at radius 2 is 1.86 bits per heavy atom. The van der Waals surface area contributed by atoms with Gasteiger partial charge in [0.05, 0.1) is 24.0 Å². The standard InChI is InChI=1S/C12H13N5O2S4.C4H10.C2H2/c1-6-2-3-7(21-6)4-14-10-11(17-22-16-10)15-8-5-20-12(9(8)18)23(13)19;1-4(2)3;1-2/h2-3,5,18H,4,13H2,1H3,(H,14,16)(H,15,17);4H,1-3H3;1-2H. The number of anilines is 3. The molecule has 29 heavy (non-hydrogen) atoms. The summed E-state index contributed by atoms with van der Waals surface area (Å²) in [7, 11) is -1.72. The molecule has 0 saturated carbocycles. The lowest BCUT2D eigenvalue weighted by atomic mass is 10.3. The summed E-state index contributed by atoms with van der Waals surface area (Å²) in [5, 5.41) is 23.2. The molecule has 1 unspecified atom stereocenters. The van der Waals surface area contributed by atoms with Crippen molar-refractivity contribution in [2.24, 2.45) is 11.1 Å². The van der Waals surface area contributed by atoms with E-state index in [0.717, 1.165) is 29.0 Å². The van der Waals surface area contributed by atoms with Gasteiger partial charge in [-0.3, -0.25) is 0 Å². The van der Waals surface area contributed by atoms with Crippen LogP contribution >= 0.6 is 34.4 Å². The smallest absolute Gasteiger partial charge is 0.188 e. The van der Waals surface area contributed by atoms with Crippen LogP contribution in [0.3, 0.4) is 0 Å². The summed E-state index contributed by atoms with van der Waals surface area (Å²) in [5.41, 5.74) is 0.409. The number of hydrogen-bond donors (Lipinski definition) is 4. The van der Waals surface area contributed by atoms with Crippen LogP contribution in [0.1, 0.15) is 30.5 Å². The number of aromatic nitrogens is 2. The molecule has 0 radical (unpaired) electrons. The Balaban J connectivity index is 0.000000627. The van der Waals surface area contributed by atoms with E-state index >= 15 is 0 Å². The predicted molar refractivity (Wildman–Crippen MR) is 127 cm³/mol. The highest BCUT2D eigenvalue weighted by Gasteiger charge is 2.17. The summed E-state index contributed by atoms with van der Waals surface area (Å²) in [6.45, 7) is 9.20. The number of nitrogens with zero attached hydrogens (tertiary/aromatic N) is 2. The molecule has 0 spiro atoms. The van der Waals surface area contributed by atoms with Gasteiger partial charge in [0.1, 0.15) is 11.0 Å². The topological polar surface area (TPSA) is 113 Å². The van der Waals surface area contributed by atoms with E-state index in [2.05, 4.69) is 72.1 Å². The third-order valence-corrected chi connectivity index (χ3v) is 6.51. The zero-order valence-corrected chi connectivity index (χ0v) is 19.9. The van der Waals surface area contributed by atoms with Gasteiger partial charge in [0.15, 0.2) is 21.6 Å². The summed E-state index contributed by atoms with van der Waals surface area (Å²) in [4.78, 5) is 2.45. The van der Waals surface area contributed by atoms with Gasteiger partial charge in [-0.15, -0.1) is 35.5 Å². The van der Waals surface area contributed by atoms with Crippen molar-refractivity contribution in [3.8, 4) is 18.6 Å². The maximum absolute atomic E-state index is 11.3.